The Balaban J connectivity index is 1.45. The normalized spacial score (nSPS) is 16.0. The lowest BCUT2D eigenvalue weighted by atomic mass is 9.98. The van der Waals surface area contributed by atoms with Crippen LogP contribution in [-0.2, 0) is 14.3 Å². The highest BCUT2D eigenvalue weighted by Gasteiger charge is 2.31. The van der Waals surface area contributed by atoms with Crippen molar-refractivity contribution in [3.8, 4) is 11.1 Å². The molecule has 0 aliphatic heterocycles. The van der Waals surface area contributed by atoms with Gasteiger partial charge in [-0.05, 0) is 28.7 Å². The number of carboxylic acid groups (broad SMARTS) is 1. The van der Waals surface area contributed by atoms with Crippen molar-refractivity contribution < 1.29 is 44.7 Å². The van der Waals surface area contributed by atoms with Crippen LogP contribution in [-0.4, -0.2) is 80.9 Å². The molecule has 1 aliphatic carbocycles. The number of rotatable bonds is 11. The van der Waals surface area contributed by atoms with Gasteiger partial charge in [-0.2, -0.15) is 0 Å². The molecule has 1 amide bonds. The van der Waals surface area contributed by atoms with Gasteiger partial charge in [0, 0.05) is 18.9 Å². The van der Waals surface area contributed by atoms with Crippen LogP contribution >= 0.6 is 0 Å². The second-order valence-corrected chi connectivity index (χ2v) is 8.07. The molecule has 10 heteroatoms. The van der Waals surface area contributed by atoms with Crippen LogP contribution in [0.5, 0.6) is 0 Å². The third kappa shape index (κ3) is 5.78. The Morgan fingerprint density at radius 3 is 1.97 bits per heavy atom. The number of amides is 1. The zero-order valence-corrected chi connectivity index (χ0v) is 18.2. The number of aliphatic carboxylic acids is 1. The van der Waals surface area contributed by atoms with Gasteiger partial charge in [-0.25, -0.2) is 9.59 Å². The Kier molecular flexibility index (Phi) is 8.35. The molecule has 0 saturated heterocycles. The van der Waals surface area contributed by atoms with Gasteiger partial charge in [-0.1, -0.05) is 48.5 Å². The van der Waals surface area contributed by atoms with Crippen LogP contribution in [0.1, 0.15) is 29.9 Å². The number of ether oxygens (including phenoxy) is 1. The number of fused-ring (bicyclic) bond motifs is 3. The number of aliphatic hydroxyl groups is 4. The molecule has 34 heavy (non-hydrogen) atoms. The number of benzene rings is 2. The van der Waals surface area contributed by atoms with Gasteiger partial charge in [-0.15, -0.1) is 0 Å². The first-order valence-corrected chi connectivity index (χ1v) is 10.8. The summed E-state index contributed by atoms with van der Waals surface area (Å²) in [6.07, 6.45) is -8.86. The van der Waals surface area contributed by atoms with E-state index < -0.39 is 48.7 Å². The van der Waals surface area contributed by atoms with E-state index in [4.69, 9.17) is 9.84 Å². The molecular weight excluding hydrogens is 446 g/mol. The first-order chi connectivity index (χ1) is 16.2. The summed E-state index contributed by atoms with van der Waals surface area (Å²) in [4.78, 5) is 34.5. The molecule has 1 aliphatic rings. The zero-order chi connectivity index (χ0) is 24.8. The molecule has 3 rings (SSSR count). The van der Waals surface area contributed by atoms with Crippen LogP contribution in [0.4, 0.5) is 4.79 Å². The van der Waals surface area contributed by atoms with E-state index in [1.165, 1.54) is 0 Å². The maximum Gasteiger partial charge on any atom is 0.407 e. The van der Waals surface area contributed by atoms with E-state index in [0.717, 1.165) is 22.3 Å². The SMILES string of the molecule is O=C(NC[C@H](O)[C@H](O)CCC(=O)[C@H](O)[C@H](O)C(=O)O)OCC1c2ccccc2-c2ccccc21. The van der Waals surface area contributed by atoms with Crippen molar-refractivity contribution >= 4 is 17.8 Å². The highest BCUT2D eigenvalue weighted by atomic mass is 16.5. The summed E-state index contributed by atoms with van der Waals surface area (Å²) >= 11 is 0. The number of hydrogen-bond acceptors (Lipinski definition) is 8. The van der Waals surface area contributed by atoms with Crippen LogP contribution in [0, 0.1) is 0 Å². The first-order valence-electron chi connectivity index (χ1n) is 10.8. The number of hydrogen-bond donors (Lipinski definition) is 6. The van der Waals surface area contributed by atoms with E-state index in [9.17, 15) is 34.8 Å². The molecular formula is C24H27NO9. The van der Waals surface area contributed by atoms with Gasteiger partial charge >= 0.3 is 12.1 Å². The van der Waals surface area contributed by atoms with Gasteiger partial charge in [0.05, 0.1) is 12.2 Å². The van der Waals surface area contributed by atoms with Crippen LogP contribution in [0.3, 0.4) is 0 Å². The number of alkyl carbamates (subject to hydrolysis) is 1. The van der Waals surface area contributed by atoms with E-state index in [-0.39, 0.29) is 25.5 Å². The van der Waals surface area contributed by atoms with E-state index in [1.807, 2.05) is 48.5 Å². The predicted octanol–water partition coefficient (Wildman–Crippen LogP) is 0.403. The number of carboxylic acids is 1. The quantitative estimate of drug-likeness (QED) is 0.270. The Hall–Kier alpha value is -3.31. The predicted molar refractivity (Wildman–Crippen MR) is 119 cm³/mol. The fourth-order valence-corrected chi connectivity index (χ4v) is 3.91. The maximum atomic E-state index is 12.1. The summed E-state index contributed by atoms with van der Waals surface area (Å²) in [6, 6.07) is 15.7. The second kappa shape index (κ2) is 11.2. The fourth-order valence-electron chi connectivity index (χ4n) is 3.91. The minimum atomic E-state index is -2.27. The van der Waals surface area contributed by atoms with Crippen LogP contribution < -0.4 is 5.32 Å². The molecule has 0 fully saturated rings. The van der Waals surface area contributed by atoms with E-state index in [2.05, 4.69) is 5.32 Å². The van der Waals surface area contributed by atoms with Crippen molar-refractivity contribution in [3.63, 3.8) is 0 Å². The van der Waals surface area contributed by atoms with E-state index >= 15 is 0 Å². The number of carbonyl (C=O) groups excluding carboxylic acids is 2. The number of aliphatic hydroxyl groups excluding tert-OH is 4. The largest absolute Gasteiger partial charge is 0.479 e. The topological polar surface area (TPSA) is 174 Å². The summed E-state index contributed by atoms with van der Waals surface area (Å²) < 4.78 is 5.33. The van der Waals surface area contributed by atoms with E-state index in [0.29, 0.717) is 0 Å². The number of ketones is 1. The molecule has 6 N–H and O–H groups in total. The molecule has 0 aromatic heterocycles. The first kappa shape index (κ1) is 25.3. The maximum absolute atomic E-state index is 12.1. The third-order valence-electron chi connectivity index (χ3n) is 5.81. The molecule has 182 valence electrons. The zero-order valence-electron chi connectivity index (χ0n) is 18.2. The molecule has 10 nitrogen and oxygen atoms in total. The molecule has 0 unspecified atom stereocenters. The fraction of sp³-hybridized carbons (Fsp3) is 0.375. The van der Waals surface area contributed by atoms with E-state index in [1.54, 1.807) is 0 Å². The van der Waals surface area contributed by atoms with Crippen molar-refractivity contribution in [1.29, 1.82) is 0 Å². The second-order valence-electron chi connectivity index (χ2n) is 8.07. The Morgan fingerprint density at radius 1 is 0.853 bits per heavy atom. The Bertz CT molecular complexity index is 995. The van der Waals surface area contributed by atoms with Crippen molar-refractivity contribution in [3.05, 3.63) is 59.7 Å². The smallest absolute Gasteiger partial charge is 0.407 e. The molecule has 0 radical (unpaired) electrons. The minimum absolute atomic E-state index is 0.0802. The number of nitrogens with one attached hydrogen (secondary N) is 1. The highest BCUT2D eigenvalue weighted by Crippen LogP contribution is 2.44. The lowest BCUT2D eigenvalue weighted by Gasteiger charge is -2.19. The third-order valence-corrected chi connectivity index (χ3v) is 5.81. The minimum Gasteiger partial charge on any atom is -0.479 e. The van der Waals surface area contributed by atoms with Crippen LogP contribution in [0.15, 0.2) is 48.5 Å². The molecule has 0 bridgehead atoms. The summed E-state index contributed by atoms with van der Waals surface area (Å²) in [5, 5.41) is 49.6. The van der Waals surface area contributed by atoms with Gasteiger partial charge in [0.25, 0.3) is 0 Å². The average molecular weight is 473 g/mol. The molecule has 0 heterocycles. The monoisotopic (exact) mass is 473 g/mol. The van der Waals surface area contributed by atoms with Gasteiger partial charge in [0.15, 0.2) is 11.9 Å². The summed E-state index contributed by atoms with van der Waals surface area (Å²) in [7, 11) is 0. The molecule has 4 atom stereocenters. The van der Waals surface area contributed by atoms with Crippen molar-refractivity contribution in [2.24, 2.45) is 0 Å². The average Bonchev–Trinajstić information content (AvgIpc) is 3.16. The van der Waals surface area contributed by atoms with Crippen LogP contribution in [0.2, 0.25) is 0 Å². The van der Waals surface area contributed by atoms with Gasteiger partial charge in [-0.3, -0.25) is 4.79 Å². The number of Topliss-reactive ketones (excluding diaryl/α,β-unsaturated/α-hetero) is 1. The van der Waals surface area contributed by atoms with Gasteiger partial charge in [0.1, 0.15) is 12.7 Å². The lowest BCUT2D eigenvalue weighted by Crippen LogP contribution is -2.41. The van der Waals surface area contributed by atoms with Crippen LogP contribution in [0.25, 0.3) is 11.1 Å². The van der Waals surface area contributed by atoms with Crippen molar-refractivity contribution in [2.75, 3.05) is 13.2 Å². The molecule has 0 saturated carbocycles. The van der Waals surface area contributed by atoms with Gasteiger partial charge < -0.3 is 35.6 Å². The Morgan fingerprint density at radius 2 is 1.41 bits per heavy atom. The molecule has 2 aromatic carbocycles. The summed E-state index contributed by atoms with van der Waals surface area (Å²) in [5.41, 5.74) is 4.26. The highest BCUT2D eigenvalue weighted by molar-refractivity contribution is 5.89. The lowest BCUT2D eigenvalue weighted by molar-refractivity contribution is -0.157. The van der Waals surface area contributed by atoms with Crippen molar-refractivity contribution in [2.45, 2.75) is 43.2 Å². The van der Waals surface area contributed by atoms with Gasteiger partial charge in [0.2, 0.25) is 0 Å². The standard InChI is InChI=1S/C24H27NO9/c26-18(9-10-19(27)21(29)22(30)23(31)32)20(28)11-25-24(33)34-12-17-15-7-3-1-5-13(15)14-6-2-4-8-16(14)17/h1-8,17-18,20-22,26,28-30H,9-12H2,(H,25,33)(H,31,32)/t18-,20+,21+,22+/m1/s1. The van der Waals surface area contributed by atoms with Crippen molar-refractivity contribution in [1.82, 2.24) is 5.32 Å². The molecule has 2 aromatic rings. The summed E-state index contributed by atoms with van der Waals surface area (Å²) in [6.45, 7) is -0.275. The summed E-state index contributed by atoms with van der Waals surface area (Å²) in [5.74, 6) is -2.88. The number of carbonyl (C=O) groups is 3. The Labute approximate surface area is 195 Å². The molecule has 0 spiro atoms.